The van der Waals surface area contributed by atoms with E-state index in [0.717, 1.165) is 63.7 Å². The number of aromatic nitrogens is 3. The van der Waals surface area contributed by atoms with E-state index < -0.39 is 0 Å². The van der Waals surface area contributed by atoms with E-state index in [1.54, 1.807) is 0 Å². The Labute approximate surface area is 172 Å². The van der Waals surface area contributed by atoms with E-state index in [4.69, 9.17) is 4.74 Å². The number of hydrogen-bond donors (Lipinski definition) is 0. The standard InChI is InChI=1S/C24H28N4O/c1-18-6-2-3-9-21(18)20-8-4-7-19(16-20)17-27-12-11-23-25-26-24(28(23)14-13-27)22-10-5-15-29-22/h2-4,6-9,16,22H,5,10-15,17H2,1H3/t22-/m0/s1. The first-order chi connectivity index (χ1) is 14.3. The highest BCUT2D eigenvalue weighted by atomic mass is 16.5. The summed E-state index contributed by atoms with van der Waals surface area (Å²) in [7, 11) is 0. The van der Waals surface area contributed by atoms with Crippen LogP contribution in [0.5, 0.6) is 0 Å². The summed E-state index contributed by atoms with van der Waals surface area (Å²) < 4.78 is 8.16. The second-order valence-electron chi connectivity index (χ2n) is 8.17. The Kier molecular flexibility index (Phi) is 5.17. The minimum absolute atomic E-state index is 0.133. The molecule has 29 heavy (non-hydrogen) atoms. The highest BCUT2D eigenvalue weighted by molar-refractivity contribution is 5.67. The molecular weight excluding hydrogens is 360 g/mol. The molecule has 0 aliphatic carbocycles. The molecule has 0 spiro atoms. The summed E-state index contributed by atoms with van der Waals surface area (Å²) >= 11 is 0. The Hall–Kier alpha value is -2.50. The summed E-state index contributed by atoms with van der Waals surface area (Å²) in [5.41, 5.74) is 5.30. The first-order valence-electron chi connectivity index (χ1n) is 10.7. The minimum Gasteiger partial charge on any atom is -0.370 e. The zero-order chi connectivity index (χ0) is 19.6. The Morgan fingerprint density at radius 2 is 1.97 bits per heavy atom. The van der Waals surface area contributed by atoms with Gasteiger partial charge in [0, 0.05) is 39.2 Å². The van der Waals surface area contributed by atoms with E-state index in [1.807, 2.05) is 0 Å². The van der Waals surface area contributed by atoms with Crippen molar-refractivity contribution in [2.75, 3.05) is 19.7 Å². The molecule has 0 radical (unpaired) electrons. The fraction of sp³-hybridized carbons (Fsp3) is 0.417. The summed E-state index contributed by atoms with van der Waals surface area (Å²) in [6.07, 6.45) is 3.26. The van der Waals surface area contributed by atoms with Gasteiger partial charge in [-0.3, -0.25) is 4.90 Å². The Morgan fingerprint density at radius 1 is 1.03 bits per heavy atom. The van der Waals surface area contributed by atoms with Crippen molar-refractivity contribution in [2.45, 2.75) is 45.4 Å². The van der Waals surface area contributed by atoms with Gasteiger partial charge < -0.3 is 9.30 Å². The number of aryl methyl sites for hydroxylation is 1. The molecule has 5 nitrogen and oxygen atoms in total. The molecule has 150 valence electrons. The van der Waals surface area contributed by atoms with E-state index in [1.165, 1.54) is 22.3 Å². The molecule has 3 heterocycles. The Balaban J connectivity index is 1.30. The molecule has 0 N–H and O–H groups in total. The molecule has 2 aromatic carbocycles. The van der Waals surface area contributed by atoms with E-state index in [2.05, 4.69) is 75.1 Å². The smallest absolute Gasteiger partial charge is 0.162 e. The summed E-state index contributed by atoms with van der Waals surface area (Å²) in [5.74, 6) is 2.13. The second kappa shape index (κ2) is 8.09. The Morgan fingerprint density at radius 3 is 2.83 bits per heavy atom. The highest BCUT2D eigenvalue weighted by Gasteiger charge is 2.27. The van der Waals surface area contributed by atoms with Gasteiger partial charge in [-0.2, -0.15) is 0 Å². The molecule has 1 aromatic heterocycles. The first-order valence-corrected chi connectivity index (χ1v) is 10.7. The van der Waals surface area contributed by atoms with Crippen LogP contribution in [0.25, 0.3) is 11.1 Å². The maximum absolute atomic E-state index is 5.85. The van der Waals surface area contributed by atoms with Crippen LogP contribution in [0.4, 0.5) is 0 Å². The van der Waals surface area contributed by atoms with Gasteiger partial charge in [0.15, 0.2) is 5.82 Å². The van der Waals surface area contributed by atoms with Gasteiger partial charge in [-0.1, -0.05) is 42.5 Å². The number of fused-ring (bicyclic) bond motifs is 1. The number of ether oxygens (including phenoxy) is 1. The molecule has 3 aromatic rings. The predicted octanol–water partition coefficient (Wildman–Crippen LogP) is 4.16. The summed E-state index contributed by atoms with van der Waals surface area (Å²) in [5, 5.41) is 8.93. The lowest BCUT2D eigenvalue weighted by Crippen LogP contribution is -2.27. The molecule has 0 bridgehead atoms. The molecule has 2 aliphatic rings. The van der Waals surface area contributed by atoms with Crippen molar-refractivity contribution < 1.29 is 4.74 Å². The molecular formula is C24H28N4O. The molecule has 0 unspecified atom stereocenters. The normalized spacial score (nSPS) is 19.8. The number of benzene rings is 2. The third kappa shape index (κ3) is 3.85. The quantitative estimate of drug-likeness (QED) is 0.673. The van der Waals surface area contributed by atoms with Crippen molar-refractivity contribution in [1.82, 2.24) is 19.7 Å². The number of nitrogens with zero attached hydrogens (tertiary/aromatic N) is 4. The SMILES string of the molecule is Cc1ccccc1-c1cccc(CN2CCc3nnc([C@@H]4CCCO4)n3CC2)c1. The van der Waals surface area contributed by atoms with E-state index in [9.17, 15) is 0 Å². The Bertz CT molecular complexity index is 990. The van der Waals surface area contributed by atoms with E-state index in [-0.39, 0.29) is 6.10 Å². The number of rotatable bonds is 4. The molecule has 1 atom stereocenters. The van der Waals surface area contributed by atoms with Gasteiger partial charge in [-0.05, 0) is 48.1 Å². The van der Waals surface area contributed by atoms with Gasteiger partial charge in [-0.15, -0.1) is 10.2 Å². The summed E-state index contributed by atoms with van der Waals surface area (Å²) in [4.78, 5) is 2.53. The summed E-state index contributed by atoms with van der Waals surface area (Å²) in [6, 6.07) is 17.6. The van der Waals surface area contributed by atoms with Crippen molar-refractivity contribution in [3.8, 4) is 11.1 Å². The minimum atomic E-state index is 0.133. The van der Waals surface area contributed by atoms with Crippen molar-refractivity contribution in [3.63, 3.8) is 0 Å². The molecule has 1 fully saturated rings. The fourth-order valence-corrected chi connectivity index (χ4v) is 4.56. The highest BCUT2D eigenvalue weighted by Crippen LogP contribution is 2.29. The number of hydrogen-bond acceptors (Lipinski definition) is 4. The van der Waals surface area contributed by atoms with Gasteiger partial charge in [-0.25, -0.2) is 0 Å². The van der Waals surface area contributed by atoms with E-state index in [0.29, 0.717) is 0 Å². The van der Waals surface area contributed by atoms with Crippen LogP contribution in [0.1, 0.15) is 41.7 Å². The van der Waals surface area contributed by atoms with Crippen LogP contribution in [-0.4, -0.2) is 39.4 Å². The largest absolute Gasteiger partial charge is 0.370 e. The van der Waals surface area contributed by atoms with Crippen LogP contribution in [0, 0.1) is 6.92 Å². The van der Waals surface area contributed by atoms with Crippen molar-refractivity contribution >= 4 is 0 Å². The molecule has 0 amide bonds. The van der Waals surface area contributed by atoms with Crippen molar-refractivity contribution in [2.24, 2.45) is 0 Å². The lowest BCUT2D eigenvalue weighted by Gasteiger charge is -2.20. The maximum Gasteiger partial charge on any atom is 0.162 e. The molecule has 5 heteroatoms. The third-order valence-electron chi connectivity index (χ3n) is 6.15. The first kappa shape index (κ1) is 18.5. The van der Waals surface area contributed by atoms with Gasteiger partial charge >= 0.3 is 0 Å². The van der Waals surface area contributed by atoms with Gasteiger partial charge in [0.1, 0.15) is 11.9 Å². The molecule has 1 saturated heterocycles. The zero-order valence-electron chi connectivity index (χ0n) is 17.1. The predicted molar refractivity (Wildman–Crippen MR) is 114 cm³/mol. The fourth-order valence-electron chi connectivity index (χ4n) is 4.56. The third-order valence-corrected chi connectivity index (χ3v) is 6.15. The maximum atomic E-state index is 5.85. The van der Waals surface area contributed by atoms with Crippen molar-refractivity contribution in [3.05, 3.63) is 71.3 Å². The lowest BCUT2D eigenvalue weighted by atomic mass is 9.99. The van der Waals surface area contributed by atoms with Crippen LogP contribution in [0.3, 0.4) is 0 Å². The molecule has 2 aliphatic heterocycles. The van der Waals surface area contributed by atoms with Crippen LogP contribution in [-0.2, 0) is 24.2 Å². The average molecular weight is 389 g/mol. The van der Waals surface area contributed by atoms with Gasteiger partial charge in [0.05, 0.1) is 0 Å². The average Bonchev–Trinajstić information content (AvgIpc) is 3.36. The van der Waals surface area contributed by atoms with E-state index >= 15 is 0 Å². The van der Waals surface area contributed by atoms with Gasteiger partial charge in [0.25, 0.3) is 0 Å². The second-order valence-corrected chi connectivity index (χ2v) is 8.17. The monoisotopic (exact) mass is 388 g/mol. The van der Waals surface area contributed by atoms with Crippen LogP contribution in [0.2, 0.25) is 0 Å². The van der Waals surface area contributed by atoms with Crippen LogP contribution < -0.4 is 0 Å². The molecule has 0 saturated carbocycles. The summed E-state index contributed by atoms with van der Waals surface area (Å²) in [6.45, 7) is 6.95. The van der Waals surface area contributed by atoms with Gasteiger partial charge in [0.2, 0.25) is 0 Å². The lowest BCUT2D eigenvalue weighted by molar-refractivity contribution is 0.101. The van der Waals surface area contributed by atoms with Crippen LogP contribution in [0.15, 0.2) is 48.5 Å². The molecule has 5 rings (SSSR count). The zero-order valence-corrected chi connectivity index (χ0v) is 17.1. The topological polar surface area (TPSA) is 43.2 Å². The van der Waals surface area contributed by atoms with Crippen molar-refractivity contribution in [1.29, 1.82) is 0 Å². The van der Waals surface area contributed by atoms with Crippen LogP contribution >= 0.6 is 0 Å².